The molecule has 0 unspecified atom stereocenters. The SMILES string of the molecule is COc1cccnc1-c1cn[nH]c1. The molecule has 66 valence electrons. The molecule has 0 aliphatic carbocycles. The van der Waals surface area contributed by atoms with Crippen molar-refractivity contribution in [2.45, 2.75) is 0 Å². The van der Waals surface area contributed by atoms with E-state index in [1.54, 1.807) is 25.7 Å². The van der Waals surface area contributed by atoms with Crippen LogP contribution in [0.1, 0.15) is 0 Å². The van der Waals surface area contributed by atoms with Gasteiger partial charge in [0.15, 0.2) is 0 Å². The van der Waals surface area contributed by atoms with E-state index in [4.69, 9.17) is 4.74 Å². The van der Waals surface area contributed by atoms with Gasteiger partial charge < -0.3 is 4.74 Å². The summed E-state index contributed by atoms with van der Waals surface area (Å²) in [6.07, 6.45) is 5.22. The van der Waals surface area contributed by atoms with Crippen molar-refractivity contribution in [3.63, 3.8) is 0 Å². The maximum absolute atomic E-state index is 5.16. The monoisotopic (exact) mass is 175 g/mol. The Kier molecular flexibility index (Phi) is 1.96. The molecule has 0 fully saturated rings. The second-order valence-electron chi connectivity index (χ2n) is 2.54. The Labute approximate surface area is 75.6 Å². The molecule has 0 saturated carbocycles. The number of aromatic amines is 1. The van der Waals surface area contributed by atoms with E-state index in [9.17, 15) is 0 Å². The molecule has 0 amide bonds. The largest absolute Gasteiger partial charge is 0.494 e. The van der Waals surface area contributed by atoms with Gasteiger partial charge in [-0.3, -0.25) is 10.1 Å². The molecule has 2 heterocycles. The molecule has 2 aromatic heterocycles. The fourth-order valence-electron chi connectivity index (χ4n) is 1.15. The predicted octanol–water partition coefficient (Wildman–Crippen LogP) is 1.48. The number of rotatable bonds is 2. The standard InChI is InChI=1S/C9H9N3O/c1-13-8-3-2-4-10-9(8)7-5-11-12-6-7/h2-6H,1H3,(H,11,12). The average molecular weight is 175 g/mol. The molecule has 0 atom stereocenters. The van der Waals surface area contributed by atoms with E-state index in [1.165, 1.54) is 0 Å². The van der Waals surface area contributed by atoms with Crippen LogP contribution >= 0.6 is 0 Å². The lowest BCUT2D eigenvalue weighted by Crippen LogP contribution is -1.88. The number of hydrogen-bond donors (Lipinski definition) is 1. The third-order valence-corrected chi connectivity index (χ3v) is 1.76. The van der Waals surface area contributed by atoms with Crippen LogP contribution in [0.4, 0.5) is 0 Å². The van der Waals surface area contributed by atoms with Crippen LogP contribution in [0.15, 0.2) is 30.7 Å². The van der Waals surface area contributed by atoms with Crippen LogP contribution in [0.5, 0.6) is 5.75 Å². The highest BCUT2D eigenvalue weighted by atomic mass is 16.5. The maximum Gasteiger partial charge on any atom is 0.145 e. The van der Waals surface area contributed by atoms with E-state index >= 15 is 0 Å². The Balaban J connectivity index is 2.51. The molecule has 0 spiro atoms. The molecule has 0 radical (unpaired) electrons. The summed E-state index contributed by atoms with van der Waals surface area (Å²) in [4.78, 5) is 4.21. The molecule has 0 aliphatic heterocycles. The molecule has 0 aliphatic rings. The highest BCUT2D eigenvalue weighted by molar-refractivity contribution is 5.64. The van der Waals surface area contributed by atoms with E-state index in [0.717, 1.165) is 17.0 Å². The lowest BCUT2D eigenvalue weighted by Gasteiger charge is -2.03. The van der Waals surface area contributed by atoms with Crippen molar-refractivity contribution in [2.24, 2.45) is 0 Å². The molecular weight excluding hydrogens is 166 g/mol. The summed E-state index contributed by atoms with van der Waals surface area (Å²) in [5, 5.41) is 6.59. The molecule has 4 nitrogen and oxygen atoms in total. The topological polar surface area (TPSA) is 50.8 Å². The number of methoxy groups -OCH3 is 1. The van der Waals surface area contributed by atoms with E-state index < -0.39 is 0 Å². The molecule has 0 aromatic carbocycles. The Morgan fingerprint density at radius 3 is 3.08 bits per heavy atom. The Bertz CT molecular complexity index is 384. The molecular formula is C9H9N3O. The number of pyridine rings is 1. The smallest absolute Gasteiger partial charge is 0.145 e. The minimum absolute atomic E-state index is 0.754. The number of H-pyrrole nitrogens is 1. The fourth-order valence-corrected chi connectivity index (χ4v) is 1.15. The summed E-state index contributed by atoms with van der Waals surface area (Å²) >= 11 is 0. The Hall–Kier alpha value is -1.84. The number of aromatic nitrogens is 3. The number of hydrogen-bond acceptors (Lipinski definition) is 3. The fraction of sp³-hybridized carbons (Fsp3) is 0.111. The van der Waals surface area contributed by atoms with Crippen LogP contribution in [-0.2, 0) is 0 Å². The van der Waals surface area contributed by atoms with Gasteiger partial charge in [-0.1, -0.05) is 0 Å². The first-order chi connectivity index (χ1) is 6.42. The van der Waals surface area contributed by atoms with Crippen molar-refractivity contribution < 1.29 is 4.74 Å². The first-order valence-electron chi connectivity index (χ1n) is 3.90. The van der Waals surface area contributed by atoms with Crippen molar-refractivity contribution in [3.05, 3.63) is 30.7 Å². The number of ether oxygens (including phenoxy) is 1. The molecule has 4 heteroatoms. The van der Waals surface area contributed by atoms with Crippen LogP contribution in [0, 0.1) is 0 Å². The lowest BCUT2D eigenvalue weighted by molar-refractivity contribution is 0.415. The van der Waals surface area contributed by atoms with Crippen LogP contribution in [0.3, 0.4) is 0 Å². The van der Waals surface area contributed by atoms with Crippen LogP contribution in [-0.4, -0.2) is 22.3 Å². The molecule has 2 rings (SSSR count). The van der Waals surface area contributed by atoms with Gasteiger partial charge in [0, 0.05) is 18.0 Å². The second kappa shape index (κ2) is 3.26. The molecule has 0 bridgehead atoms. The number of nitrogens with one attached hydrogen (secondary N) is 1. The van der Waals surface area contributed by atoms with Crippen LogP contribution < -0.4 is 4.74 Å². The zero-order valence-electron chi connectivity index (χ0n) is 7.19. The van der Waals surface area contributed by atoms with E-state index in [1.807, 2.05) is 12.1 Å². The first kappa shape index (κ1) is 7.79. The summed E-state index contributed by atoms with van der Waals surface area (Å²) in [6, 6.07) is 3.71. The molecule has 13 heavy (non-hydrogen) atoms. The van der Waals surface area contributed by atoms with Crippen molar-refractivity contribution in [2.75, 3.05) is 7.11 Å². The van der Waals surface area contributed by atoms with Crippen molar-refractivity contribution in [1.82, 2.24) is 15.2 Å². The minimum Gasteiger partial charge on any atom is -0.494 e. The van der Waals surface area contributed by atoms with Gasteiger partial charge in [-0.2, -0.15) is 5.10 Å². The number of nitrogens with zero attached hydrogens (tertiary/aromatic N) is 2. The van der Waals surface area contributed by atoms with Gasteiger partial charge in [0.2, 0.25) is 0 Å². The van der Waals surface area contributed by atoms with Crippen LogP contribution in [0.25, 0.3) is 11.3 Å². The van der Waals surface area contributed by atoms with Gasteiger partial charge in [-0.05, 0) is 12.1 Å². The predicted molar refractivity (Wildman–Crippen MR) is 48.4 cm³/mol. The lowest BCUT2D eigenvalue weighted by atomic mass is 10.2. The van der Waals surface area contributed by atoms with Gasteiger partial charge in [0.1, 0.15) is 11.4 Å². The van der Waals surface area contributed by atoms with Gasteiger partial charge >= 0.3 is 0 Å². The van der Waals surface area contributed by atoms with Gasteiger partial charge in [0.05, 0.1) is 13.3 Å². The maximum atomic E-state index is 5.16. The average Bonchev–Trinajstić information content (AvgIpc) is 2.70. The Morgan fingerprint density at radius 1 is 1.46 bits per heavy atom. The molecule has 2 aromatic rings. The van der Waals surface area contributed by atoms with Crippen LogP contribution in [0.2, 0.25) is 0 Å². The summed E-state index contributed by atoms with van der Waals surface area (Å²) in [7, 11) is 1.63. The quantitative estimate of drug-likeness (QED) is 0.752. The van der Waals surface area contributed by atoms with Crippen molar-refractivity contribution in [1.29, 1.82) is 0 Å². The van der Waals surface area contributed by atoms with Crippen molar-refractivity contribution in [3.8, 4) is 17.0 Å². The third kappa shape index (κ3) is 1.38. The summed E-state index contributed by atoms with van der Waals surface area (Å²) in [6.45, 7) is 0. The van der Waals surface area contributed by atoms with Gasteiger partial charge in [-0.15, -0.1) is 0 Å². The highest BCUT2D eigenvalue weighted by Crippen LogP contribution is 2.25. The molecule has 0 saturated heterocycles. The van der Waals surface area contributed by atoms with Gasteiger partial charge in [0.25, 0.3) is 0 Å². The first-order valence-corrected chi connectivity index (χ1v) is 3.90. The normalized spacial score (nSPS) is 9.92. The van der Waals surface area contributed by atoms with E-state index in [2.05, 4.69) is 15.2 Å². The van der Waals surface area contributed by atoms with E-state index in [-0.39, 0.29) is 0 Å². The zero-order valence-corrected chi connectivity index (χ0v) is 7.19. The summed E-state index contributed by atoms with van der Waals surface area (Å²) in [5.41, 5.74) is 1.73. The summed E-state index contributed by atoms with van der Waals surface area (Å²) in [5.74, 6) is 0.754. The third-order valence-electron chi connectivity index (χ3n) is 1.76. The molecule has 1 N–H and O–H groups in total. The highest BCUT2D eigenvalue weighted by Gasteiger charge is 2.06. The minimum atomic E-state index is 0.754. The van der Waals surface area contributed by atoms with Crippen molar-refractivity contribution >= 4 is 0 Å². The summed E-state index contributed by atoms with van der Waals surface area (Å²) < 4.78 is 5.16. The van der Waals surface area contributed by atoms with E-state index in [0.29, 0.717) is 0 Å². The van der Waals surface area contributed by atoms with Gasteiger partial charge in [-0.25, -0.2) is 0 Å². The Morgan fingerprint density at radius 2 is 2.38 bits per heavy atom. The second-order valence-corrected chi connectivity index (χ2v) is 2.54. The zero-order chi connectivity index (χ0) is 9.10.